The Balaban J connectivity index is 1.86. The lowest BCUT2D eigenvalue weighted by molar-refractivity contribution is -0.384. The van der Waals surface area contributed by atoms with Crippen LogP contribution in [0.15, 0.2) is 40.2 Å². The zero-order valence-corrected chi connectivity index (χ0v) is 12.7. The van der Waals surface area contributed by atoms with Crippen LogP contribution < -0.4 is 5.32 Å². The van der Waals surface area contributed by atoms with E-state index < -0.39 is 4.92 Å². The van der Waals surface area contributed by atoms with Crippen LogP contribution in [0.1, 0.15) is 10.4 Å². The molecule has 1 heterocycles. The van der Waals surface area contributed by atoms with Crippen molar-refractivity contribution in [3.05, 3.63) is 60.7 Å². The van der Waals surface area contributed by atoms with Gasteiger partial charge in [0, 0.05) is 26.9 Å². The molecule has 5 nitrogen and oxygen atoms in total. The quantitative estimate of drug-likeness (QED) is 0.661. The molecule has 0 bridgehead atoms. The van der Waals surface area contributed by atoms with Crippen LogP contribution in [0.4, 0.5) is 5.69 Å². The first-order valence-electron chi connectivity index (χ1n) is 5.77. The first-order chi connectivity index (χ1) is 9.54. The molecule has 104 valence electrons. The van der Waals surface area contributed by atoms with E-state index in [-0.39, 0.29) is 18.0 Å². The number of nitro benzene ring substituents is 1. The minimum absolute atomic E-state index is 0.0255. The van der Waals surface area contributed by atoms with Gasteiger partial charge in [-0.15, -0.1) is 11.3 Å². The van der Waals surface area contributed by atoms with Crippen LogP contribution in [0.3, 0.4) is 0 Å². The normalized spacial score (nSPS) is 10.2. The van der Waals surface area contributed by atoms with E-state index in [2.05, 4.69) is 21.2 Å². The molecule has 0 spiro atoms. The number of amides is 1. The molecule has 0 aliphatic carbocycles. The number of nitro groups is 1. The summed E-state index contributed by atoms with van der Waals surface area (Å²) in [4.78, 5) is 22.9. The molecule has 7 heteroatoms. The summed E-state index contributed by atoms with van der Waals surface area (Å²) in [5, 5.41) is 15.3. The van der Waals surface area contributed by atoms with Crippen molar-refractivity contribution in [3.63, 3.8) is 0 Å². The summed E-state index contributed by atoms with van der Waals surface area (Å²) in [6, 6.07) is 7.95. The molecule has 1 aromatic carbocycles. The van der Waals surface area contributed by atoms with Gasteiger partial charge in [-0.25, -0.2) is 0 Å². The maximum absolute atomic E-state index is 11.8. The van der Waals surface area contributed by atoms with Crippen LogP contribution in [0.5, 0.6) is 0 Å². The molecule has 0 radical (unpaired) electrons. The Bertz CT molecular complexity index is 625. The van der Waals surface area contributed by atoms with E-state index in [1.807, 2.05) is 11.4 Å². The summed E-state index contributed by atoms with van der Waals surface area (Å²) in [7, 11) is 0. The first kappa shape index (κ1) is 14.7. The van der Waals surface area contributed by atoms with Gasteiger partial charge in [-0.3, -0.25) is 14.9 Å². The number of halogens is 1. The minimum atomic E-state index is -0.460. The van der Waals surface area contributed by atoms with Crippen LogP contribution in [0.25, 0.3) is 0 Å². The molecule has 0 saturated carbocycles. The fraction of sp³-hybridized carbons (Fsp3) is 0.154. The van der Waals surface area contributed by atoms with E-state index in [1.54, 1.807) is 23.5 Å². The standard InChI is InChI=1S/C13H11BrN2O3S/c14-10-6-12(20-8-10)7-15-13(17)5-9-1-3-11(4-2-9)16(18)19/h1-4,6,8H,5,7H2,(H,15,17). The van der Waals surface area contributed by atoms with Gasteiger partial charge in [0.2, 0.25) is 5.91 Å². The van der Waals surface area contributed by atoms with Crippen molar-refractivity contribution in [2.24, 2.45) is 0 Å². The summed E-state index contributed by atoms with van der Waals surface area (Å²) in [5.41, 5.74) is 0.776. The van der Waals surface area contributed by atoms with Gasteiger partial charge < -0.3 is 5.32 Å². The molecular formula is C13H11BrN2O3S. The molecule has 0 atom stereocenters. The Labute approximate surface area is 127 Å². The Hall–Kier alpha value is -1.73. The fourth-order valence-electron chi connectivity index (χ4n) is 1.62. The molecule has 0 unspecified atom stereocenters. The highest BCUT2D eigenvalue weighted by Gasteiger charge is 2.07. The zero-order valence-electron chi connectivity index (χ0n) is 10.3. The number of benzene rings is 1. The zero-order chi connectivity index (χ0) is 14.5. The average molecular weight is 355 g/mol. The van der Waals surface area contributed by atoms with Crippen molar-refractivity contribution in [3.8, 4) is 0 Å². The van der Waals surface area contributed by atoms with E-state index in [1.165, 1.54) is 12.1 Å². The first-order valence-corrected chi connectivity index (χ1v) is 7.45. The maximum atomic E-state index is 11.8. The molecule has 1 amide bonds. The molecule has 0 saturated heterocycles. The number of hydrogen-bond acceptors (Lipinski definition) is 4. The summed E-state index contributed by atoms with van der Waals surface area (Å²) in [5.74, 6) is -0.108. The number of nitrogens with one attached hydrogen (secondary N) is 1. The van der Waals surface area contributed by atoms with Crippen molar-refractivity contribution < 1.29 is 9.72 Å². The topological polar surface area (TPSA) is 72.2 Å². The van der Waals surface area contributed by atoms with Crippen LogP contribution in [0, 0.1) is 10.1 Å². The Kier molecular flexibility index (Phi) is 4.86. The predicted molar refractivity (Wildman–Crippen MR) is 80.7 cm³/mol. The number of carbonyl (C=O) groups excluding carboxylic acids is 1. The SMILES string of the molecule is O=C(Cc1ccc([N+](=O)[O-])cc1)NCc1cc(Br)cs1. The van der Waals surface area contributed by atoms with Gasteiger partial charge in [0.1, 0.15) is 0 Å². The van der Waals surface area contributed by atoms with Gasteiger partial charge in [0.25, 0.3) is 5.69 Å². The molecule has 20 heavy (non-hydrogen) atoms. The number of nitrogens with zero attached hydrogens (tertiary/aromatic N) is 1. The number of hydrogen-bond donors (Lipinski definition) is 1. The smallest absolute Gasteiger partial charge is 0.269 e. The van der Waals surface area contributed by atoms with E-state index in [9.17, 15) is 14.9 Å². The monoisotopic (exact) mass is 354 g/mol. The van der Waals surface area contributed by atoms with Crippen molar-refractivity contribution in [2.45, 2.75) is 13.0 Å². The summed E-state index contributed by atoms with van der Waals surface area (Å²) in [6.45, 7) is 0.488. The third-order valence-electron chi connectivity index (χ3n) is 2.59. The lowest BCUT2D eigenvalue weighted by atomic mass is 10.1. The van der Waals surface area contributed by atoms with Crippen LogP contribution >= 0.6 is 27.3 Å². The van der Waals surface area contributed by atoms with E-state index in [0.717, 1.165) is 14.9 Å². The highest BCUT2D eigenvalue weighted by atomic mass is 79.9. The van der Waals surface area contributed by atoms with Crippen LogP contribution in [-0.4, -0.2) is 10.8 Å². The summed E-state index contributed by atoms with van der Waals surface area (Å²) in [6.07, 6.45) is 0.213. The second kappa shape index (κ2) is 6.62. The maximum Gasteiger partial charge on any atom is 0.269 e. The molecular weight excluding hydrogens is 344 g/mol. The predicted octanol–water partition coefficient (Wildman–Crippen LogP) is 3.28. The third kappa shape index (κ3) is 4.14. The van der Waals surface area contributed by atoms with Gasteiger partial charge in [-0.05, 0) is 27.6 Å². The summed E-state index contributed by atoms with van der Waals surface area (Å²) >= 11 is 4.92. The molecule has 2 rings (SSSR count). The van der Waals surface area contributed by atoms with Gasteiger partial charge in [0.05, 0.1) is 17.9 Å². The minimum Gasteiger partial charge on any atom is -0.351 e. The van der Waals surface area contributed by atoms with Crippen molar-refractivity contribution in [2.75, 3.05) is 0 Å². The Morgan fingerprint density at radius 3 is 2.60 bits per heavy atom. The fourth-order valence-corrected chi connectivity index (χ4v) is 3.01. The molecule has 0 aliphatic heterocycles. The number of carbonyl (C=O) groups is 1. The van der Waals surface area contributed by atoms with Gasteiger partial charge in [-0.1, -0.05) is 12.1 Å². The molecule has 1 N–H and O–H groups in total. The van der Waals surface area contributed by atoms with E-state index in [4.69, 9.17) is 0 Å². The van der Waals surface area contributed by atoms with Crippen LogP contribution in [0.2, 0.25) is 0 Å². The second-order valence-electron chi connectivity index (χ2n) is 4.11. The molecule has 2 aromatic rings. The largest absolute Gasteiger partial charge is 0.351 e. The molecule has 0 fully saturated rings. The highest BCUT2D eigenvalue weighted by Crippen LogP contribution is 2.19. The van der Waals surface area contributed by atoms with Crippen molar-refractivity contribution >= 4 is 38.9 Å². The van der Waals surface area contributed by atoms with Gasteiger partial charge >= 0.3 is 0 Å². The number of non-ortho nitro benzene ring substituents is 1. The van der Waals surface area contributed by atoms with Crippen molar-refractivity contribution in [1.82, 2.24) is 5.32 Å². The van der Waals surface area contributed by atoms with Gasteiger partial charge in [-0.2, -0.15) is 0 Å². The van der Waals surface area contributed by atoms with E-state index >= 15 is 0 Å². The second-order valence-corrected chi connectivity index (χ2v) is 6.02. The van der Waals surface area contributed by atoms with Crippen molar-refractivity contribution in [1.29, 1.82) is 0 Å². The highest BCUT2D eigenvalue weighted by molar-refractivity contribution is 9.10. The van der Waals surface area contributed by atoms with Crippen LogP contribution in [-0.2, 0) is 17.8 Å². The van der Waals surface area contributed by atoms with Gasteiger partial charge in [0.15, 0.2) is 0 Å². The molecule has 0 aliphatic rings. The lowest BCUT2D eigenvalue weighted by Gasteiger charge is -2.03. The lowest BCUT2D eigenvalue weighted by Crippen LogP contribution is -2.24. The number of rotatable bonds is 5. The average Bonchev–Trinajstić information content (AvgIpc) is 2.83. The Morgan fingerprint density at radius 1 is 1.35 bits per heavy atom. The molecule has 1 aromatic heterocycles. The Morgan fingerprint density at radius 2 is 2.05 bits per heavy atom. The summed E-state index contributed by atoms with van der Waals surface area (Å²) < 4.78 is 1.00. The number of thiophene rings is 1. The third-order valence-corrected chi connectivity index (χ3v) is 4.29. The van der Waals surface area contributed by atoms with E-state index in [0.29, 0.717) is 6.54 Å².